The number of nitrogens with zero attached hydrogens (tertiary/aromatic N) is 2. The van der Waals surface area contributed by atoms with Crippen molar-refractivity contribution in [2.75, 3.05) is 18.5 Å². The van der Waals surface area contributed by atoms with Crippen LogP contribution in [-0.4, -0.2) is 39.9 Å². The lowest BCUT2D eigenvalue weighted by Gasteiger charge is -2.13. The fourth-order valence-corrected chi connectivity index (χ4v) is 2.43. The molecule has 2 N–H and O–H groups in total. The number of aryl methyl sites for hydroxylation is 1. The van der Waals surface area contributed by atoms with Gasteiger partial charge in [-0.2, -0.15) is 0 Å². The number of benzene rings is 1. The van der Waals surface area contributed by atoms with Crippen LogP contribution in [0.25, 0.3) is 0 Å². The molecular formula is C16H19N3O5. The molecule has 128 valence electrons. The van der Waals surface area contributed by atoms with E-state index < -0.39 is 16.7 Å². The Hall–Kier alpha value is -2.74. The Morgan fingerprint density at radius 3 is 2.71 bits per heavy atom. The van der Waals surface area contributed by atoms with E-state index in [0.717, 1.165) is 35.8 Å². The van der Waals surface area contributed by atoms with E-state index in [1.807, 2.05) is 6.92 Å². The Kier molecular flexibility index (Phi) is 5.64. The molecule has 24 heavy (non-hydrogen) atoms. The fourth-order valence-electron chi connectivity index (χ4n) is 2.43. The van der Waals surface area contributed by atoms with E-state index in [9.17, 15) is 19.7 Å². The van der Waals surface area contributed by atoms with Crippen LogP contribution in [0.3, 0.4) is 0 Å². The van der Waals surface area contributed by atoms with Gasteiger partial charge in [0.25, 0.3) is 17.5 Å². The number of anilines is 1. The summed E-state index contributed by atoms with van der Waals surface area (Å²) in [6.07, 6.45) is 3.73. The molecule has 1 aliphatic rings. The van der Waals surface area contributed by atoms with Crippen molar-refractivity contribution in [1.29, 1.82) is 0 Å². The minimum atomic E-state index is -0.613. The number of nitrogens with one attached hydrogen (secondary N) is 1. The Balaban J connectivity index is 2.23. The van der Waals surface area contributed by atoms with Gasteiger partial charge in [0.2, 0.25) is 0 Å². The third-order valence-corrected chi connectivity index (χ3v) is 3.68. The minimum absolute atomic E-state index is 0.0436. The van der Waals surface area contributed by atoms with Gasteiger partial charge in [0.1, 0.15) is 11.4 Å². The van der Waals surface area contributed by atoms with Crippen LogP contribution in [-0.2, 0) is 16.0 Å². The second kappa shape index (κ2) is 7.69. The third kappa shape index (κ3) is 3.77. The molecule has 1 aliphatic heterocycles. The summed E-state index contributed by atoms with van der Waals surface area (Å²) in [6.45, 7) is 1.58. The van der Waals surface area contributed by atoms with Crippen molar-refractivity contribution >= 4 is 23.2 Å². The van der Waals surface area contributed by atoms with Gasteiger partial charge in [-0.15, -0.1) is 0 Å². The molecule has 1 heterocycles. The summed E-state index contributed by atoms with van der Waals surface area (Å²) in [5.74, 6) is -1.17. The Morgan fingerprint density at radius 1 is 1.33 bits per heavy atom. The number of β-amino-alcohol motifs (C(OH)–C–C–N with tert-alkyl or cyclic N) is 1. The van der Waals surface area contributed by atoms with E-state index in [2.05, 4.69) is 5.32 Å². The van der Waals surface area contributed by atoms with Crippen LogP contribution in [0.5, 0.6) is 0 Å². The maximum Gasteiger partial charge on any atom is 0.292 e. The molecule has 0 bridgehead atoms. The first-order valence-electron chi connectivity index (χ1n) is 7.70. The number of imide groups is 1. The summed E-state index contributed by atoms with van der Waals surface area (Å²) in [6, 6.07) is 4.78. The average molecular weight is 333 g/mol. The number of amides is 2. The lowest BCUT2D eigenvalue weighted by Crippen LogP contribution is -2.34. The van der Waals surface area contributed by atoms with Crippen molar-refractivity contribution in [3.05, 3.63) is 45.6 Å². The number of nitro groups is 1. The molecule has 8 heteroatoms. The van der Waals surface area contributed by atoms with Crippen molar-refractivity contribution in [3.63, 3.8) is 0 Å². The Bertz CT molecular complexity index is 699. The van der Waals surface area contributed by atoms with Gasteiger partial charge in [-0.05, 0) is 24.5 Å². The van der Waals surface area contributed by atoms with Crippen LogP contribution in [0.15, 0.2) is 30.0 Å². The molecule has 0 saturated carbocycles. The first-order valence-corrected chi connectivity index (χ1v) is 7.70. The number of nitro benzene ring substituents is 1. The van der Waals surface area contributed by atoms with Gasteiger partial charge >= 0.3 is 0 Å². The highest BCUT2D eigenvalue weighted by Gasteiger charge is 2.31. The van der Waals surface area contributed by atoms with Gasteiger partial charge in [-0.25, -0.2) is 0 Å². The first kappa shape index (κ1) is 17.6. The largest absolute Gasteiger partial charge is 0.395 e. The molecule has 8 nitrogen and oxygen atoms in total. The number of aliphatic hydroxyl groups is 1. The zero-order valence-electron chi connectivity index (χ0n) is 13.3. The van der Waals surface area contributed by atoms with E-state index in [-0.39, 0.29) is 30.2 Å². The number of carbonyl (C=O) groups excluding carboxylic acids is 2. The van der Waals surface area contributed by atoms with Gasteiger partial charge in [-0.3, -0.25) is 24.6 Å². The molecule has 0 aromatic heterocycles. The van der Waals surface area contributed by atoms with E-state index in [4.69, 9.17) is 5.11 Å². The summed E-state index contributed by atoms with van der Waals surface area (Å²) in [4.78, 5) is 35.4. The minimum Gasteiger partial charge on any atom is -0.395 e. The number of unbranched alkanes of at least 4 members (excludes halogenated alkanes) is 1. The third-order valence-electron chi connectivity index (χ3n) is 3.68. The van der Waals surface area contributed by atoms with Crippen LogP contribution in [0.2, 0.25) is 0 Å². The topological polar surface area (TPSA) is 113 Å². The zero-order valence-corrected chi connectivity index (χ0v) is 13.3. The van der Waals surface area contributed by atoms with Gasteiger partial charge in [0.15, 0.2) is 0 Å². The van der Waals surface area contributed by atoms with Crippen molar-refractivity contribution in [1.82, 2.24) is 4.90 Å². The predicted octanol–water partition coefficient (Wildman–Crippen LogP) is 1.59. The van der Waals surface area contributed by atoms with Crippen LogP contribution in [0.1, 0.15) is 25.3 Å². The smallest absolute Gasteiger partial charge is 0.292 e. The van der Waals surface area contributed by atoms with Gasteiger partial charge in [0, 0.05) is 12.1 Å². The average Bonchev–Trinajstić information content (AvgIpc) is 2.81. The second-order valence-corrected chi connectivity index (χ2v) is 5.41. The normalized spacial score (nSPS) is 14.1. The van der Waals surface area contributed by atoms with Crippen LogP contribution in [0.4, 0.5) is 11.4 Å². The summed E-state index contributed by atoms with van der Waals surface area (Å²) in [5.41, 5.74) is 0.806. The summed E-state index contributed by atoms with van der Waals surface area (Å²) < 4.78 is 0. The molecular weight excluding hydrogens is 314 g/mol. The lowest BCUT2D eigenvalue weighted by atomic mass is 10.1. The molecule has 0 radical (unpaired) electrons. The van der Waals surface area contributed by atoms with Crippen molar-refractivity contribution in [2.45, 2.75) is 26.2 Å². The Labute approximate surface area is 138 Å². The maximum atomic E-state index is 12.1. The van der Waals surface area contributed by atoms with E-state index >= 15 is 0 Å². The zero-order chi connectivity index (χ0) is 17.7. The second-order valence-electron chi connectivity index (χ2n) is 5.41. The van der Waals surface area contributed by atoms with E-state index in [0.29, 0.717) is 0 Å². The van der Waals surface area contributed by atoms with E-state index in [1.54, 1.807) is 6.07 Å². The first-order chi connectivity index (χ1) is 11.5. The molecule has 0 fully saturated rings. The van der Waals surface area contributed by atoms with Crippen LogP contribution >= 0.6 is 0 Å². The highest BCUT2D eigenvalue weighted by Crippen LogP contribution is 2.28. The highest BCUT2D eigenvalue weighted by molar-refractivity contribution is 6.17. The Morgan fingerprint density at radius 2 is 2.08 bits per heavy atom. The lowest BCUT2D eigenvalue weighted by molar-refractivity contribution is -0.384. The summed E-state index contributed by atoms with van der Waals surface area (Å²) >= 11 is 0. The number of carbonyl (C=O) groups is 2. The molecule has 0 atom stereocenters. The van der Waals surface area contributed by atoms with Crippen LogP contribution in [0, 0.1) is 10.1 Å². The molecule has 0 saturated heterocycles. The van der Waals surface area contributed by atoms with Gasteiger partial charge in [0.05, 0.1) is 18.1 Å². The molecule has 1 aromatic carbocycles. The molecule has 2 amide bonds. The van der Waals surface area contributed by atoms with Crippen molar-refractivity contribution in [2.24, 2.45) is 0 Å². The molecule has 0 spiro atoms. The van der Waals surface area contributed by atoms with Crippen molar-refractivity contribution < 1.29 is 19.6 Å². The molecule has 0 unspecified atom stereocenters. The fraction of sp³-hybridized carbons (Fsp3) is 0.375. The quantitative estimate of drug-likeness (QED) is 0.424. The van der Waals surface area contributed by atoms with Crippen molar-refractivity contribution in [3.8, 4) is 0 Å². The van der Waals surface area contributed by atoms with Gasteiger partial charge in [-0.1, -0.05) is 19.4 Å². The standard InChI is InChI=1S/C16H19N3O5/c1-2-3-4-11-5-6-12(14(9-11)19(23)24)17-13-10-15(21)18(7-8-20)16(13)22/h5-6,9-10,17,20H,2-4,7-8H2,1H3. The predicted molar refractivity (Wildman–Crippen MR) is 87.2 cm³/mol. The number of rotatable bonds is 8. The number of hydrogen-bond donors (Lipinski definition) is 2. The van der Waals surface area contributed by atoms with Crippen LogP contribution < -0.4 is 5.32 Å². The molecule has 1 aromatic rings. The highest BCUT2D eigenvalue weighted by atomic mass is 16.6. The van der Waals surface area contributed by atoms with Gasteiger partial charge < -0.3 is 10.4 Å². The SMILES string of the molecule is CCCCc1ccc(NC2=CC(=O)N(CCO)C2=O)c([N+](=O)[O-])c1. The number of aliphatic hydroxyl groups excluding tert-OH is 1. The molecule has 2 rings (SSSR count). The molecule has 0 aliphatic carbocycles. The monoisotopic (exact) mass is 333 g/mol. The van der Waals surface area contributed by atoms with E-state index in [1.165, 1.54) is 12.1 Å². The maximum absolute atomic E-state index is 12.1. The summed E-state index contributed by atoms with van der Waals surface area (Å²) in [5, 5.41) is 22.8. The summed E-state index contributed by atoms with van der Waals surface area (Å²) in [7, 11) is 0. The number of hydrogen-bond acceptors (Lipinski definition) is 6.